The second-order valence-corrected chi connectivity index (χ2v) is 15.4. The molecule has 0 saturated heterocycles. The number of aliphatic hydroxyl groups is 1. The fourth-order valence-electron chi connectivity index (χ4n) is 11.6. The lowest BCUT2D eigenvalue weighted by atomic mass is 9.36. The van der Waals surface area contributed by atoms with Crippen molar-refractivity contribution in [3.8, 4) is 25.7 Å². The molecule has 0 aliphatic heterocycles. The molecule has 4 unspecified atom stereocenters. The molecule has 0 amide bonds. The van der Waals surface area contributed by atoms with Crippen LogP contribution in [0.1, 0.15) is 129 Å². The van der Waals surface area contributed by atoms with Crippen LogP contribution in [0.3, 0.4) is 0 Å². The summed E-state index contributed by atoms with van der Waals surface area (Å²) in [5.41, 5.74) is 3.41. The molecule has 46 heavy (non-hydrogen) atoms. The molecule has 0 radical (unpaired) electrons. The molecule has 5 aliphatic carbocycles. The molecule has 6 rings (SSSR count). The van der Waals surface area contributed by atoms with Gasteiger partial charge in [-0.3, -0.25) is 0 Å². The molecule has 0 aromatic heterocycles. The number of aromatic carboxylic acids is 1. The topological polar surface area (TPSA) is 57.5 Å². The first-order valence-corrected chi connectivity index (χ1v) is 17.9. The summed E-state index contributed by atoms with van der Waals surface area (Å²) in [6.45, 7) is 19.7. The molecule has 1 aromatic carbocycles. The Morgan fingerprint density at radius 1 is 0.935 bits per heavy atom. The number of halogens is 1. The van der Waals surface area contributed by atoms with Crippen molar-refractivity contribution in [2.75, 3.05) is 6.61 Å². The van der Waals surface area contributed by atoms with Gasteiger partial charge in [-0.2, -0.15) is 0 Å². The number of allylic oxidation sites excluding steroid dienone is 3. The number of rotatable bonds is 3. The third-order valence-corrected chi connectivity index (χ3v) is 13.4. The Labute approximate surface area is 286 Å². The van der Waals surface area contributed by atoms with E-state index in [4.69, 9.17) is 11.6 Å². The minimum absolute atomic E-state index is 0.0242. The van der Waals surface area contributed by atoms with E-state index in [1.165, 1.54) is 63.4 Å². The van der Waals surface area contributed by atoms with Crippen molar-refractivity contribution in [2.45, 2.75) is 113 Å². The van der Waals surface area contributed by atoms with Gasteiger partial charge in [-0.1, -0.05) is 77.8 Å². The van der Waals surface area contributed by atoms with Crippen molar-refractivity contribution in [1.29, 1.82) is 0 Å². The SMILES string of the molecule is C#C.C#C.C=CC.CC.CC1(C)C(c2ccc(C(=O)O)cc2Cl)=CC[C@@]2(C)C1CC[C@@]1(C)C3CC[C@@]4(CO)CCCC4[C@H]3CCC12. The molecule has 0 bridgehead atoms. The molecule has 4 saturated carbocycles. The van der Waals surface area contributed by atoms with Crippen LogP contribution in [-0.2, 0) is 0 Å². The molecule has 4 fully saturated rings. The highest BCUT2D eigenvalue weighted by atomic mass is 35.5. The number of carboxylic acids is 1. The van der Waals surface area contributed by atoms with Gasteiger partial charge in [0.05, 0.1) is 5.56 Å². The highest BCUT2D eigenvalue weighted by Gasteiger charge is 2.65. The first-order valence-electron chi connectivity index (χ1n) is 17.5. The largest absolute Gasteiger partial charge is 0.478 e. The van der Waals surface area contributed by atoms with E-state index in [1.807, 2.05) is 26.8 Å². The first kappa shape index (κ1) is 39.7. The minimum atomic E-state index is -0.934. The molecule has 5 aliphatic rings. The van der Waals surface area contributed by atoms with Gasteiger partial charge in [0, 0.05) is 11.6 Å². The number of terminal acetylenes is 2. The summed E-state index contributed by atoms with van der Waals surface area (Å²) in [7, 11) is 0. The van der Waals surface area contributed by atoms with Crippen LogP contribution in [0.5, 0.6) is 0 Å². The number of aliphatic hydroxyl groups excluding tert-OH is 1. The van der Waals surface area contributed by atoms with Crippen molar-refractivity contribution in [3.05, 3.63) is 53.1 Å². The lowest BCUT2D eigenvalue weighted by Gasteiger charge is -2.68. The van der Waals surface area contributed by atoms with Crippen molar-refractivity contribution in [1.82, 2.24) is 0 Å². The Morgan fingerprint density at radius 2 is 1.57 bits per heavy atom. The zero-order valence-corrected chi connectivity index (χ0v) is 30.5. The lowest BCUT2D eigenvalue weighted by molar-refractivity contribution is -0.181. The van der Waals surface area contributed by atoms with Crippen LogP contribution in [0.2, 0.25) is 5.02 Å². The van der Waals surface area contributed by atoms with E-state index < -0.39 is 5.97 Å². The van der Waals surface area contributed by atoms with Crippen LogP contribution in [0.15, 0.2) is 36.9 Å². The summed E-state index contributed by atoms with van der Waals surface area (Å²) < 4.78 is 0. The van der Waals surface area contributed by atoms with E-state index >= 15 is 0 Å². The Balaban J connectivity index is 0.000000749. The van der Waals surface area contributed by atoms with Gasteiger partial charge in [0.15, 0.2) is 0 Å². The van der Waals surface area contributed by atoms with Crippen LogP contribution in [-0.4, -0.2) is 22.8 Å². The van der Waals surface area contributed by atoms with Gasteiger partial charge in [0.25, 0.3) is 0 Å². The number of fused-ring (bicyclic) bond motifs is 7. The van der Waals surface area contributed by atoms with Crippen LogP contribution in [0.4, 0.5) is 0 Å². The lowest BCUT2D eigenvalue weighted by Crippen LogP contribution is -2.61. The molecule has 254 valence electrons. The predicted molar refractivity (Wildman–Crippen MR) is 197 cm³/mol. The Bertz CT molecular complexity index is 1270. The Hall–Kier alpha value is -2.46. The second kappa shape index (κ2) is 16.1. The molecule has 2 N–H and O–H groups in total. The van der Waals surface area contributed by atoms with Gasteiger partial charge in [-0.05, 0) is 139 Å². The summed E-state index contributed by atoms with van der Waals surface area (Å²) in [5.74, 6) is 2.72. The highest BCUT2D eigenvalue weighted by Crippen LogP contribution is 2.73. The van der Waals surface area contributed by atoms with Gasteiger partial charge in [0.1, 0.15) is 0 Å². The maximum Gasteiger partial charge on any atom is 0.335 e. The standard InChI is InChI=1S/C33H45ClO3.C3H6.C2H6.2C2H2/c1-30(2)23(22-8-7-20(29(36)37)18-26(22)34)11-15-32(4)27(30)13-16-31(3)24-12-17-33(19-35)14-5-6-25(33)21(24)9-10-28(31)32;1-3-2;3*1-2/h7-8,11,18,21,24-25,27-28,35H,5-6,9-10,12-17,19H2,1-4H3,(H,36,37);3H,1H2,2H3;1-2H3;2*1-2H/t21-,24?,25?,27?,28?,31-,32-,33+;;;;/m0..../s1. The fourth-order valence-corrected chi connectivity index (χ4v) is 11.8. The van der Waals surface area contributed by atoms with E-state index in [0.29, 0.717) is 23.0 Å². The Morgan fingerprint density at radius 3 is 2.13 bits per heavy atom. The van der Waals surface area contributed by atoms with Gasteiger partial charge < -0.3 is 10.2 Å². The Kier molecular flexibility index (Phi) is 13.9. The van der Waals surface area contributed by atoms with E-state index in [0.717, 1.165) is 35.7 Å². The summed E-state index contributed by atoms with van der Waals surface area (Å²) in [5, 5.41) is 20.4. The zero-order valence-electron chi connectivity index (χ0n) is 29.7. The number of carboxylic acid groups (broad SMARTS) is 1. The third-order valence-electron chi connectivity index (χ3n) is 13.1. The second-order valence-electron chi connectivity index (χ2n) is 15.0. The summed E-state index contributed by atoms with van der Waals surface area (Å²) >= 11 is 6.70. The van der Waals surface area contributed by atoms with Gasteiger partial charge >= 0.3 is 5.97 Å². The fraction of sp³-hybridized carbons (Fsp3) is 0.643. The minimum Gasteiger partial charge on any atom is -0.478 e. The molecule has 0 heterocycles. The maximum atomic E-state index is 11.5. The maximum absolute atomic E-state index is 11.5. The van der Waals surface area contributed by atoms with E-state index in [2.05, 4.69) is 66.0 Å². The van der Waals surface area contributed by atoms with Gasteiger partial charge in [-0.15, -0.1) is 32.3 Å². The first-order chi connectivity index (χ1) is 21.9. The molecule has 0 spiro atoms. The number of carbonyl (C=O) groups is 1. The highest BCUT2D eigenvalue weighted by molar-refractivity contribution is 6.32. The molecule has 3 nitrogen and oxygen atoms in total. The van der Waals surface area contributed by atoms with Crippen LogP contribution < -0.4 is 0 Å². The summed E-state index contributed by atoms with van der Waals surface area (Å²) in [4.78, 5) is 11.5. The third kappa shape index (κ3) is 6.62. The normalized spacial score (nSPS) is 36.0. The van der Waals surface area contributed by atoms with Crippen molar-refractivity contribution >= 4 is 23.1 Å². The molecule has 1 aromatic rings. The van der Waals surface area contributed by atoms with Crippen molar-refractivity contribution in [2.24, 2.45) is 51.2 Å². The number of benzene rings is 1. The average Bonchev–Trinajstić information content (AvgIpc) is 3.49. The van der Waals surface area contributed by atoms with Crippen LogP contribution in [0.25, 0.3) is 5.57 Å². The van der Waals surface area contributed by atoms with Crippen LogP contribution in [0, 0.1) is 76.9 Å². The summed E-state index contributed by atoms with van der Waals surface area (Å²) in [6, 6.07) is 5.24. The summed E-state index contributed by atoms with van der Waals surface area (Å²) in [6.07, 6.45) is 33.0. The quantitative estimate of drug-likeness (QED) is 0.253. The number of hydrogen-bond donors (Lipinski definition) is 2. The number of hydrogen-bond acceptors (Lipinski definition) is 2. The molecule has 4 heteroatoms. The molecule has 8 atom stereocenters. The molecular weight excluding hydrogens is 588 g/mol. The van der Waals surface area contributed by atoms with E-state index in [9.17, 15) is 15.0 Å². The predicted octanol–water partition coefficient (Wildman–Crippen LogP) is 11.2. The van der Waals surface area contributed by atoms with Gasteiger partial charge in [-0.25, -0.2) is 4.79 Å². The smallest absolute Gasteiger partial charge is 0.335 e. The zero-order chi connectivity index (χ0) is 35.1. The van der Waals surface area contributed by atoms with E-state index in [-0.39, 0.29) is 21.8 Å². The van der Waals surface area contributed by atoms with E-state index in [1.54, 1.807) is 18.2 Å². The van der Waals surface area contributed by atoms with Crippen molar-refractivity contribution < 1.29 is 15.0 Å². The monoisotopic (exact) mass is 648 g/mol. The van der Waals surface area contributed by atoms with Crippen LogP contribution >= 0.6 is 11.6 Å². The molecular formula is C42H61ClO3. The average molecular weight is 649 g/mol. The van der Waals surface area contributed by atoms with Gasteiger partial charge in [0.2, 0.25) is 0 Å². The van der Waals surface area contributed by atoms with Crippen molar-refractivity contribution in [3.63, 3.8) is 0 Å².